The molecule has 0 spiro atoms. The fraction of sp³-hybridized carbons (Fsp3) is 0.417. The molecule has 1 rings (SSSR count). The fourth-order valence-corrected chi connectivity index (χ4v) is 1.55. The van der Waals surface area contributed by atoms with Crippen molar-refractivity contribution in [1.29, 1.82) is 5.41 Å². The smallest absolute Gasteiger partial charge is 0.124 e. The highest BCUT2D eigenvalue weighted by Crippen LogP contribution is 2.20. The van der Waals surface area contributed by atoms with Gasteiger partial charge in [0.1, 0.15) is 5.84 Å². The van der Waals surface area contributed by atoms with Crippen LogP contribution in [0.5, 0.6) is 0 Å². The molecule has 0 aliphatic carbocycles. The number of ether oxygens (including phenoxy) is 1. The van der Waals surface area contributed by atoms with Crippen molar-refractivity contribution in [1.82, 2.24) is 0 Å². The Balaban J connectivity index is 2.98. The van der Waals surface area contributed by atoms with Gasteiger partial charge >= 0.3 is 0 Å². The highest BCUT2D eigenvalue weighted by molar-refractivity contribution is 6.00. The molecule has 1 aromatic carbocycles. The number of methoxy groups -OCH3 is 1. The maximum Gasteiger partial charge on any atom is 0.124 e. The third-order valence-corrected chi connectivity index (χ3v) is 2.48. The number of likely N-dealkylation sites (N-methyl/N-ethyl adjacent to an activating group) is 1. The SMILES string of the molecule is COCCN(C)c1ccc(C)cc1C(=N)N. The van der Waals surface area contributed by atoms with E-state index in [9.17, 15) is 0 Å². The van der Waals surface area contributed by atoms with E-state index in [4.69, 9.17) is 15.9 Å². The van der Waals surface area contributed by atoms with Gasteiger partial charge in [-0.3, -0.25) is 5.41 Å². The molecule has 4 nitrogen and oxygen atoms in total. The number of rotatable bonds is 5. The zero-order chi connectivity index (χ0) is 12.1. The van der Waals surface area contributed by atoms with Crippen molar-refractivity contribution in [2.45, 2.75) is 6.92 Å². The van der Waals surface area contributed by atoms with Crippen molar-refractivity contribution in [2.75, 3.05) is 32.2 Å². The van der Waals surface area contributed by atoms with Gasteiger partial charge in [-0.25, -0.2) is 0 Å². The van der Waals surface area contributed by atoms with Crippen LogP contribution in [0.25, 0.3) is 0 Å². The second-order valence-electron chi connectivity index (χ2n) is 3.85. The number of benzene rings is 1. The third-order valence-electron chi connectivity index (χ3n) is 2.48. The molecule has 0 aliphatic rings. The minimum absolute atomic E-state index is 0.1000. The minimum Gasteiger partial charge on any atom is -0.384 e. The van der Waals surface area contributed by atoms with Gasteiger partial charge in [0.15, 0.2) is 0 Å². The molecule has 0 aromatic heterocycles. The first-order chi connectivity index (χ1) is 7.56. The molecule has 0 radical (unpaired) electrons. The van der Waals surface area contributed by atoms with Gasteiger partial charge in [-0.15, -0.1) is 0 Å². The van der Waals surface area contributed by atoms with Crippen molar-refractivity contribution < 1.29 is 4.74 Å². The molecule has 0 heterocycles. The average molecular weight is 221 g/mol. The summed E-state index contributed by atoms with van der Waals surface area (Å²) in [6.07, 6.45) is 0. The molecule has 0 saturated carbocycles. The summed E-state index contributed by atoms with van der Waals surface area (Å²) < 4.78 is 5.03. The first kappa shape index (κ1) is 12.5. The zero-order valence-corrected chi connectivity index (χ0v) is 10.1. The van der Waals surface area contributed by atoms with E-state index in [2.05, 4.69) is 0 Å². The van der Waals surface area contributed by atoms with Gasteiger partial charge in [0.05, 0.1) is 6.61 Å². The molecule has 0 amide bonds. The van der Waals surface area contributed by atoms with Crippen molar-refractivity contribution >= 4 is 11.5 Å². The summed E-state index contributed by atoms with van der Waals surface area (Å²) in [4.78, 5) is 2.04. The van der Waals surface area contributed by atoms with Gasteiger partial charge in [-0.05, 0) is 19.1 Å². The summed E-state index contributed by atoms with van der Waals surface area (Å²) in [5, 5.41) is 7.56. The monoisotopic (exact) mass is 221 g/mol. The maximum atomic E-state index is 7.56. The molecule has 0 fully saturated rings. The minimum atomic E-state index is 0.1000. The predicted octanol–water partition coefficient (Wildman–Crippen LogP) is 1.36. The van der Waals surface area contributed by atoms with Crippen molar-refractivity contribution in [3.63, 3.8) is 0 Å². The van der Waals surface area contributed by atoms with E-state index < -0.39 is 0 Å². The van der Waals surface area contributed by atoms with Crippen LogP contribution in [0.1, 0.15) is 11.1 Å². The van der Waals surface area contributed by atoms with Crippen LogP contribution in [0.2, 0.25) is 0 Å². The zero-order valence-electron chi connectivity index (χ0n) is 10.1. The Morgan fingerprint density at radius 3 is 2.75 bits per heavy atom. The first-order valence-electron chi connectivity index (χ1n) is 5.21. The molecule has 88 valence electrons. The summed E-state index contributed by atoms with van der Waals surface area (Å²) in [6.45, 7) is 3.42. The Morgan fingerprint density at radius 1 is 1.50 bits per heavy atom. The van der Waals surface area contributed by atoms with E-state index in [0.29, 0.717) is 6.61 Å². The van der Waals surface area contributed by atoms with Crippen LogP contribution in [-0.2, 0) is 4.74 Å². The Hall–Kier alpha value is -1.55. The van der Waals surface area contributed by atoms with Gasteiger partial charge in [0.2, 0.25) is 0 Å². The van der Waals surface area contributed by atoms with Gasteiger partial charge in [-0.2, -0.15) is 0 Å². The lowest BCUT2D eigenvalue weighted by atomic mass is 10.1. The van der Waals surface area contributed by atoms with E-state index in [1.807, 2.05) is 37.1 Å². The van der Waals surface area contributed by atoms with E-state index in [-0.39, 0.29) is 5.84 Å². The Labute approximate surface area is 96.5 Å². The van der Waals surface area contributed by atoms with Crippen LogP contribution in [0.4, 0.5) is 5.69 Å². The summed E-state index contributed by atoms with van der Waals surface area (Å²) >= 11 is 0. The molecular formula is C12H19N3O. The van der Waals surface area contributed by atoms with Gasteiger partial charge in [0.25, 0.3) is 0 Å². The molecule has 3 N–H and O–H groups in total. The van der Waals surface area contributed by atoms with E-state index in [1.54, 1.807) is 7.11 Å². The number of amidine groups is 1. The number of hydrogen-bond acceptors (Lipinski definition) is 3. The molecular weight excluding hydrogens is 202 g/mol. The lowest BCUT2D eigenvalue weighted by molar-refractivity contribution is 0.206. The van der Waals surface area contributed by atoms with Crippen molar-refractivity contribution in [3.8, 4) is 0 Å². The molecule has 16 heavy (non-hydrogen) atoms. The molecule has 4 heteroatoms. The van der Waals surface area contributed by atoms with E-state index >= 15 is 0 Å². The lowest BCUT2D eigenvalue weighted by Gasteiger charge is -2.22. The van der Waals surface area contributed by atoms with E-state index in [0.717, 1.165) is 23.4 Å². The fourth-order valence-electron chi connectivity index (χ4n) is 1.55. The quantitative estimate of drug-likeness (QED) is 0.583. The Morgan fingerprint density at radius 2 is 2.19 bits per heavy atom. The number of hydrogen-bond donors (Lipinski definition) is 2. The van der Waals surface area contributed by atoms with E-state index in [1.165, 1.54) is 0 Å². The Kier molecular flexibility index (Phi) is 4.31. The number of nitrogens with two attached hydrogens (primary N) is 1. The number of nitrogen functional groups attached to an aromatic ring is 1. The second kappa shape index (κ2) is 5.51. The third kappa shape index (κ3) is 2.97. The topological polar surface area (TPSA) is 62.3 Å². The first-order valence-corrected chi connectivity index (χ1v) is 5.21. The van der Waals surface area contributed by atoms with Gasteiger partial charge in [0, 0.05) is 32.0 Å². The standard InChI is InChI=1S/C12H19N3O/c1-9-4-5-11(10(8-9)12(13)14)15(2)6-7-16-3/h4-5,8H,6-7H2,1-3H3,(H3,13,14). The normalized spacial score (nSPS) is 10.2. The van der Waals surface area contributed by atoms with Gasteiger partial charge < -0.3 is 15.4 Å². The van der Waals surface area contributed by atoms with Crippen molar-refractivity contribution in [2.24, 2.45) is 5.73 Å². The highest BCUT2D eigenvalue weighted by atomic mass is 16.5. The lowest BCUT2D eigenvalue weighted by Crippen LogP contribution is -2.25. The number of nitrogens with one attached hydrogen (secondary N) is 1. The molecule has 1 aromatic rings. The average Bonchev–Trinajstić information content (AvgIpc) is 2.25. The van der Waals surface area contributed by atoms with Crippen LogP contribution >= 0.6 is 0 Å². The molecule has 0 aliphatic heterocycles. The largest absolute Gasteiger partial charge is 0.384 e. The molecule has 0 unspecified atom stereocenters. The summed E-state index contributed by atoms with van der Waals surface area (Å²) in [5.41, 5.74) is 8.43. The van der Waals surface area contributed by atoms with Crippen LogP contribution in [0.15, 0.2) is 18.2 Å². The summed E-state index contributed by atoms with van der Waals surface area (Å²) in [7, 11) is 3.64. The number of anilines is 1. The van der Waals surface area contributed by atoms with Gasteiger partial charge in [-0.1, -0.05) is 11.6 Å². The molecule has 0 saturated heterocycles. The summed E-state index contributed by atoms with van der Waals surface area (Å²) in [6, 6.07) is 5.94. The Bertz CT molecular complexity index is 377. The van der Waals surface area contributed by atoms with Crippen LogP contribution in [0, 0.1) is 12.3 Å². The van der Waals surface area contributed by atoms with Crippen LogP contribution in [-0.4, -0.2) is 33.1 Å². The second-order valence-corrected chi connectivity index (χ2v) is 3.85. The van der Waals surface area contributed by atoms with Crippen LogP contribution in [0.3, 0.4) is 0 Å². The number of nitrogens with zero attached hydrogens (tertiary/aromatic N) is 1. The summed E-state index contributed by atoms with van der Waals surface area (Å²) in [5.74, 6) is 0.1000. The predicted molar refractivity (Wildman–Crippen MR) is 67.3 cm³/mol. The highest BCUT2D eigenvalue weighted by Gasteiger charge is 2.09. The number of aryl methyl sites for hydroxylation is 1. The van der Waals surface area contributed by atoms with Crippen molar-refractivity contribution in [3.05, 3.63) is 29.3 Å². The molecule has 0 bridgehead atoms. The van der Waals surface area contributed by atoms with Crippen LogP contribution < -0.4 is 10.6 Å². The molecule has 0 atom stereocenters. The maximum absolute atomic E-state index is 7.56.